The minimum absolute atomic E-state index is 0.311. The predicted molar refractivity (Wildman–Crippen MR) is 108 cm³/mol. The molecule has 0 unspecified atom stereocenters. The Morgan fingerprint density at radius 3 is 2.50 bits per heavy atom. The Bertz CT molecular complexity index is 840. The highest BCUT2D eigenvalue weighted by Crippen LogP contribution is 2.42. The molecule has 2 aromatic rings. The molecule has 0 N–H and O–H groups in total. The number of amides is 1. The first-order valence-electron chi connectivity index (χ1n) is 9.42. The van der Waals surface area contributed by atoms with Gasteiger partial charge in [-0.3, -0.25) is 4.98 Å². The molecule has 1 aromatic heterocycles. The van der Waals surface area contributed by atoms with Gasteiger partial charge in [-0.1, -0.05) is 12.1 Å². The van der Waals surface area contributed by atoms with E-state index in [0.29, 0.717) is 12.4 Å². The molecule has 1 aliphatic rings. The van der Waals surface area contributed by atoms with E-state index in [9.17, 15) is 4.79 Å². The number of pyridine rings is 1. The van der Waals surface area contributed by atoms with Crippen LogP contribution in [0.2, 0.25) is 0 Å². The van der Waals surface area contributed by atoms with Crippen LogP contribution in [0.25, 0.3) is 11.1 Å². The molecule has 0 bridgehead atoms. The number of methoxy groups -OCH3 is 1. The summed E-state index contributed by atoms with van der Waals surface area (Å²) in [4.78, 5) is 18.3. The average Bonchev–Trinajstić information content (AvgIpc) is 3.46. The van der Waals surface area contributed by atoms with Crippen molar-refractivity contribution in [2.45, 2.75) is 44.8 Å². The first kappa shape index (κ1) is 20.0. The van der Waals surface area contributed by atoms with Crippen LogP contribution in [0, 0.1) is 0 Å². The average molecular weight is 384 g/mol. The van der Waals surface area contributed by atoms with Crippen LogP contribution in [0.3, 0.4) is 0 Å². The van der Waals surface area contributed by atoms with Crippen LogP contribution in [-0.4, -0.2) is 47.9 Å². The summed E-state index contributed by atoms with van der Waals surface area (Å²) in [5.74, 6) is 1.46. The maximum Gasteiger partial charge on any atom is 0.410 e. The Morgan fingerprint density at radius 2 is 1.86 bits per heavy atom. The molecule has 0 aliphatic heterocycles. The monoisotopic (exact) mass is 384 g/mol. The zero-order valence-corrected chi connectivity index (χ0v) is 17.2. The Labute approximate surface area is 166 Å². The van der Waals surface area contributed by atoms with Gasteiger partial charge in [0.15, 0.2) is 0 Å². The summed E-state index contributed by atoms with van der Waals surface area (Å²) in [6, 6.07) is 9.75. The van der Waals surface area contributed by atoms with Crippen LogP contribution in [-0.2, 0) is 4.74 Å². The largest absolute Gasteiger partial charge is 0.497 e. The van der Waals surface area contributed by atoms with Gasteiger partial charge >= 0.3 is 6.09 Å². The highest BCUT2D eigenvalue weighted by atomic mass is 16.6. The van der Waals surface area contributed by atoms with E-state index < -0.39 is 5.60 Å². The van der Waals surface area contributed by atoms with Gasteiger partial charge in [0.05, 0.1) is 18.8 Å². The molecule has 28 heavy (non-hydrogen) atoms. The van der Waals surface area contributed by atoms with Crippen molar-refractivity contribution < 1.29 is 19.0 Å². The van der Waals surface area contributed by atoms with E-state index in [-0.39, 0.29) is 11.6 Å². The van der Waals surface area contributed by atoms with Gasteiger partial charge < -0.3 is 19.1 Å². The maximum absolute atomic E-state index is 12.4. The summed E-state index contributed by atoms with van der Waals surface area (Å²) in [5.41, 5.74) is 1.12. The molecule has 3 rings (SSSR count). The molecule has 0 radical (unpaired) electrons. The molecule has 1 saturated carbocycles. The van der Waals surface area contributed by atoms with Crippen LogP contribution in [0.15, 0.2) is 42.7 Å². The SMILES string of the molecule is COc1cccc(-c2cncc(OCC3(N(C)C(=O)OC(C)(C)C)CC3)c2)c1. The number of hydrogen-bond donors (Lipinski definition) is 0. The Balaban J connectivity index is 1.67. The summed E-state index contributed by atoms with van der Waals surface area (Å²) in [6.45, 7) is 6.01. The van der Waals surface area contributed by atoms with Gasteiger partial charge in [-0.15, -0.1) is 0 Å². The van der Waals surface area contributed by atoms with E-state index in [1.807, 2.05) is 51.1 Å². The summed E-state index contributed by atoms with van der Waals surface area (Å²) in [6.07, 6.45) is 4.95. The molecular formula is C22H28N2O4. The number of hydrogen-bond acceptors (Lipinski definition) is 5. The Hall–Kier alpha value is -2.76. The molecule has 1 aliphatic carbocycles. The normalized spacial score (nSPS) is 14.9. The zero-order chi connectivity index (χ0) is 20.4. The predicted octanol–water partition coefficient (Wildman–Crippen LogP) is 4.54. The lowest BCUT2D eigenvalue weighted by atomic mass is 10.1. The van der Waals surface area contributed by atoms with Crippen LogP contribution >= 0.6 is 0 Å². The second-order valence-electron chi connectivity index (χ2n) is 8.19. The summed E-state index contributed by atoms with van der Waals surface area (Å²) in [7, 11) is 3.42. The number of carbonyl (C=O) groups is 1. The standard InChI is InChI=1S/C22H28N2O4/c1-21(2,3)28-20(25)24(4)22(9-10-22)15-27-19-12-17(13-23-14-19)16-7-6-8-18(11-16)26-5/h6-8,11-14H,9-10,15H2,1-5H3. The number of aromatic nitrogens is 1. The molecule has 0 saturated heterocycles. The number of benzene rings is 1. The van der Waals surface area contributed by atoms with Crippen molar-refractivity contribution in [3.63, 3.8) is 0 Å². The number of ether oxygens (including phenoxy) is 3. The van der Waals surface area contributed by atoms with Gasteiger partial charge in [0.2, 0.25) is 0 Å². The lowest BCUT2D eigenvalue weighted by molar-refractivity contribution is 0.0139. The molecule has 150 valence electrons. The van der Waals surface area contributed by atoms with Gasteiger partial charge in [-0.05, 0) is 57.4 Å². The van der Waals surface area contributed by atoms with Gasteiger partial charge in [0.1, 0.15) is 23.7 Å². The van der Waals surface area contributed by atoms with E-state index >= 15 is 0 Å². The lowest BCUT2D eigenvalue weighted by Gasteiger charge is -2.30. The molecule has 6 nitrogen and oxygen atoms in total. The molecule has 1 aromatic carbocycles. The minimum atomic E-state index is -0.517. The lowest BCUT2D eigenvalue weighted by Crippen LogP contribution is -2.45. The van der Waals surface area contributed by atoms with Crippen molar-refractivity contribution in [1.82, 2.24) is 9.88 Å². The smallest absolute Gasteiger partial charge is 0.410 e. The van der Waals surface area contributed by atoms with E-state index in [0.717, 1.165) is 29.7 Å². The second-order valence-corrected chi connectivity index (χ2v) is 8.19. The number of carbonyl (C=O) groups excluding carboxylic acids is 1. The molecular weight excluding hydrogens is 356 g/mol. The van der Waals surface area contributed by atoms with E-state index in [1.165, 1.54) is 0 Å². The quantitative estimate of drug-likeness (QED) is 0.732. The summed E-state index contributed by atoms with van der Waals surface area (Å²) >= 11 is 0. The van der Waals surface area contributed by atoms with E-state index in [2.05, 4.69) is 4.98 Å². The van der Waals surface area contributed by atoms with Crippen LogP contribution in [0.1, 0.15) is 33.6 Å². The summed E-state index contributed by atoms with van der Waals surface area (Å²) < 4.78 is 16.8. The first-order chi connectivity index (χ1) is 13.2. The minimum Gasteiger partial charge on any atom is -0.497 e. The fourth-order valence-corrected chi connectivity index (χ4v) is 2.92. The van der Waals surface area contributed by atoms with Gasteiger partial charge in [0.25, 0.3) is 0 Å². The third-order valence-electron chi connectivity index (χ3n) is 4.83. The van der Waals surface area contributed by atoms with Gasteiger partial charge in [0, 0.05) is 18.8 Å². The first-order valence-corrected chi connectivity index (χ1v) is 9.42. The van der Waals surface area contributed by atoms with Gasteiger partial charge in [-0.2, -0.15) is 0 Å². The van der Waals surface area contributed by atoms with Crippen molar-refractivity contribution in [1.29, 1.82) is 0 Å². The fraction of sp³-hybridized carbons (Fsp3) is 0.455. The van der Waals surface area contributed by atoms with Crippen molar-refractivity contribution in [3.05, 3.63) is 42.7 Å². The number of nitrogens with zero attached hydrogens (tertiary/aromatic N) is 2. The van der Waals surface area contributed by atoms with Crippen LogP contribution < -0.4 is 9.47 Å². The number of rotatable bonds is 6. The van der Waals surface area contributed by atoms with E-state index in [1.54, 1.807) is 31.5 Å². The molecule has 1 amide bonds. The van der Waals surface area contributed by atoms with Crippen LogP contribution in [0.5, 0.6) is 11.5 Å². The van der Waals surface area contributed by atoms with Crippen LogP contribution in [0.4, 0.5) is 4.79 Å². The molecule has 1 fully saturated rings. The highest BCUT2D eigenvalue weighted by molar-refractivity contribution is 5.69. The molecule has 0 spiro atoms. The Morgan fingerprint density at radius 1 is 1.14 bits per heavy atom. The van der Waals surface area contributed by atoms with Crippen molar-refractivity contribution in [2.75, 3.05) is 20.8 Å². The Kier molecular flexibility index (Phi) is 5.49. The second kappa shape index (κ2) is 7.70. The van der Waals surface area contributed by atoms with Gasteiger partial charge in [-0.25, -0.2) is 4.79 Å². The van der Waals surface area contributed by atoms with Crippen molar-refractivity contribution in [3.8, 4) is 22.6 Å². The highest BCUT2D eigenvalue weighted by Gasteiger charge is 2.50. The zero-order valence-electron chi connectivity index (χ0n) is 17.2. The number of likely N-dealkylation sites (N-methyl/N-ethyl adjacent to an activating group) is 1. The topological polar surface area (TPSA) is 60.9 Å². The third-order valence-corrected chi connectivity index (χ3v) is 4.83. The van der Waals surface area contributed by atoms with E-state index in [4.69, 9.17) is 14.2 Å². The fourth-order valence-electron chi connectivity index (χ4n) is 2.92. The van der Waals surface area contributed by atoms with Crippen molar-refractivity contribution in [2.24, 2.45) is 0 Å². The third kappa shape index (κ3) is 4.74. The molecule has 1 heterocycles. The molecule has 6 heteroatoms. The van der Waals surface area contributed by atoms with Crippen molar-refractivity contribution >= 4 is 6.09 Å². The summed E-state index contributed by atoms with van der Waals surface area (Å²) in [5, 5.41) is 0. The molecule has 0 atom stereocenters. The maximum atomic E-state index is 12.4.